The second kappa shape index (κ2) is 9.56. The predicted octanol–water partition coefficient (Wildman–Crippen LogP) is 3.65. The topological polar surface area (TPSA) is 89.9 Å². The Kier molecular flexibility index (Phi) is 6.40. The Hall–Kier alpha value is -3.80. The zero-order valence-electron chi connectivity index (χ0n) is 17.6. The van der Waals surface area contributed by atoms with E-state index < -0.39 is 5.92 Å². The van der Waals surface area contributed by atoms with Crippen LogP contribution in [0.5, 0.6) is 11.5 Å². The van der Waals surface area contributed by atoms with E-state index in [-0.39, 0.29) is 34.9 Å². The zero-order chi connectivity index (χ0) is 22.5. The number of likely N-dealkylation sites (tertiary alicyclic amines) is 1. The molecule has 1 fully saturated rings. The monoisotopic (exact) mass is 430 g/mol. The lowest BCUT2D eigenvalue weighted by atomic mass is 9.90. The van der Waals surface area contributed by atoms with Crippen molar-refractivity contribution in [3.63, 3.8) is 0 Å². The number of phenolic OH excluding ortho intramolecular Hbond substituents is 2. The van der Waals surface area contributed by atoms with Crippen molar-refractivity contribution in [2.75, 3.05) is 13.1 Å². The van der Waals surface area contributed by atoms with E-state index in [0.29, 0.717) is 25.9 Å². The van der Waals surface area contributed by atoms with Gasteiger partial charge >= 0.3 is 0 Å². The quantitative estimate of drug-likeness (QED) is 0.576. The van der Waals surface area contributed by atoms with Crippen LogP contribution >= 0.6 is 0 Å². The summed E-state index contributed by atoms with van der Waals surface area (Å²) in [6, 6.07) is 23.3. The van der Waals surface area contributed by atoms with Gasteiger partial charge in [-0.05, 0) is 36.1 Å². The third-order valence-corrected chi connectivity index (χ3v) is 5.81. The van der Waals surface area contributed by atoms with Crippen LogP contribution in [-0.2, 0) is 4.79 Å². The molecule has 6 nitrogen and oxygen atoms in total. The lowest BCUT2D eigenvalue weighted by Gasteiger charge is -2.33. The fraction of sp³-hybridized carbons (Fsp3) is 0.231. The van der Waals surface area contributed by atoms with E-state index in [4.69, 9.17) is 0 Å². The normalized spacial score (nSPS) is 14.3. The number of phenols is 2. The van der Waals surface area contributed by atoms with Gasteiger partial charge in [0.25, 0.3) is 5.91 Å². The summed E-state index contributed by atoms with van der Waals surface area (Å²) in [7, 11) is 0. The molecule has 0 atom stereocenters. The highest BCUT2D eigenvalue weighted by atomic mass is 16.3. The molecule has 164 valence electrons. The highest BCUT2D eigenvalue weighted by Gasteiger charge is 2.28. The summed E-state index contributed by atoms with van der Waals surface area (Å²) in [5, 5.41) is 22.5. The third-order valence-electron chi connectivity index (χ3n) is 5.81. The lowest BCUT2D eigenvalue weighted by molar-refractivity contribution is -0.122. The number of hydrogen-bond acceptors (Lipinski definition) is 4. The number of amides is 2. The van der Waals surface area contributed by atoms with Crippen molar-refractivity contribution in [2.24, 2.45) is 0 Å². The van der Waals surface area contributed by atoms with Gasteiger partial charge in [-0.2, -0.15) is 0 Å². The fourth-order valence-corrected chi connectivity index (χ4v) is 4.20. The van der Waals surface area contributed by atoms with E-state index in [1.807, 2.05) is 60.7 Å². The van der Waals surface area contributed by atoms with Crippen LogP contribution in [0.15, 0.2) is 78.9 Å². The first-order valence-electron chi connectivity index (χ1n) is 10.7. The summed E-state index contributed by atoms with van der Waals surface area (Å²) in [6.45, 7) is 0.975. The standard InChI is InChI=1S/C26H26N2O4/c29-22-15-20(16-23(30)17-22)26(32)28-13-11-21(12-14-28)27-25(31)24(18-7-3-1-4-8-18)19-9-5-2-6-10-19/h1-10,15-17,21,24,29-30H,11-14H2,(H,27,31). The number of nitrogens with one attached hydrogen (secondary N) is 1. The summed E-state index contributed by atoms with van der Waals surface area (Å²) in [5.74, 6) is -0.989. The molecule has 4 rings (SSSR count). The Labute approximate surface area is 187 Å². The molecule has 0 radical (unpaired) electrons. The van der Waals surface area contributed by atoms with Gasteiger partial charge in [0.15, 0.2) is 0 Å². The van der Waals surface area contributed by atoms with Crippen molar-refractivity contribution in [1.82, 2.24) is 10.2 Å². The number of nitrogens with zero attached hydrogens (tertiary/aromatic N) is 1. The lowest BCUT2D eigenvalue weighted by Crippen LogP contribution is -2.47. The van der Waals surface area contributed by atoms with Crippen LogP contribution < -0.4 is 5.32 Å². The molecule has 0 aliphatic carbocycles. The average molecular weight is 431 g/mol. The van der Waals surface area contributed by atoms with Gasteiger partial charge in [0, 0.05) is 30.8 Å². The fourth-order valence-electron chi connectivity index (χ4n) is 4.20. The Morgan fingerprint density at radius 1 is 0.812 bits per heavy atom. The maximum atomic E-state index is 13.3. The van der Waals surface area contributed by atoms with Crippen molar-refractivity contribution < 1.29 is 19.8 Å². The van der Waals surface area contributed by atoms with Crippen LogP contribution in [0.4, 0.5) is 0 Å². The largest absolute Gasteiger partial charge is 0.508 e. The molecule has 1 aliphatic rings. The zero-order valence-corrected chi connectivity index (χ0v) is 17.6. The van der Waals surface area contributed by atoms with Gasteiger partial charge in [-0.3, -0.25) is 9.59 Å². The van der Waals surface area contributed by atoms with Crippen molar-refractivity contribution in [3.8, 4) is 11.5 Å². The minimum atomic E-state index is -0.396. The number of carbonyl (C=O) groups is 2. The van der Waals surface area contributed by atoms with E-state index in [1.165, 1.54) is 18.2 Å². The molecule has 0 saturated carbocycles. The van der Waals surface area contributed by atoms with Crippen molar-refractivity contribution in [3.05, 3.63) is 95.6 Å². The van der Waals surface area contributed by atoms with Crippen LogP contribution in [0.2, 0.25) is 0 Å². The van der Waals surface area contributed by atoms with Gasteiger partial charge in [-0.1, -0.05) is 60.7 Å². The molecule has 6 heteroatoms. The van der Waals surface area contributed by atoms with Gasteiger partial charge in [-0.15, -0.1) is 0 Å². The van der Waals surface area contributed by atoms with Crippen LogP contribution in [0, 0.1) is 0 Å². The molecule has 0 bridgehead atoms. The average Bonchev–Trinajstić information content (AvgIpc) is 2.80. The van der Waals surface area contributed by atoms with Crippen LogP contribution in [0.1, 0.15) is 40.2 Å². The maximum absolute atomic E-state index is 13.3. The number of hydrogen-bond donors (Lipinski definition) is 3. The van der Waals surface area contributed by atoms with E-state index in [9.17, 15) is 19.8 Å². The molecule has 1 saturated heterocycles. The number of carbonyl (C=O) groups excluding carboxylic acids is 2. The Morgan fingerprint density at radius 2 is 1.31 bits per heavy atom. The second-order valence-electron chi connectivity index (χ2n) is 8.07. The molecular weight excluding hydrogens is 404 g/mol. The SMILES string of the molecule is O=C(NC1CCN(C(=O)c2cc(O)cc(O)c2)CC1)C(c1ccccc1)c1ccccc1. The molecule has 0 aromatic heterocycles. The summed E-state index contributed by atoms with van der Waals surface area (Å²) in [5.41, 5.74) is 2.12. The number of benzene rings is 3. The van der Waals surface area contributed by atoms with E-state index in [0.717, 1.165) is 11.1 Å². The molecular formula is C26H26N2O4. The highest BCUT2D eigenvalue weighted by molar-refractivity contribution is 5.95. The first-order valence-corrected chi connectivity index (χ1v) is 10.7. The van der Waals surface area contributed by atoms with E-state index >= 15 is 0 Å². The van der Waals surface area contributed by atoms with Crippen molar-refractivity contribution in [1.29, 1.82) is 0 Å². The number of aromatic hydroxyl groups is 2. The minimum absolute atomic E-state index is 0.0287. The smallest absolute Gasteiger partial charge is 0.254 e. The molecule has 2 amide bonds. The van der Waals surface area contributed by atoms with Crippen LogP contribution in [-0.4, -0.2) is 46.1 Å². The molecule has 32 heavy (non-hydrogen) atoms. The Bertz CT molecular complexity index is 1020. The molecule has 0 spiro atoms. The minimum Gasteiger partial charge on any atom is -0.508 e. The number of rotatable bonds is 5. The van der Waals surface area contributed by atoms with Gasteiger partial charge in [0.1, 0.15) is 11.5 Å². The summed E-state index contributed by atoms with van der Waals surface area (Å²) in [6.07, 6.45) is 1.27. The first-order chi connectivity index (χ1) is 15.5. The van der Waals surface area contributed by atoms with Gasteiger partial charge in [-0.25, -0.2) is 0 Å². The molecule has 3 aromatic rings. The Balaban J connectivity index is 1.41. The highest BCUT2D eigenvalue weighted by Crippen LogP contribution is 2.26. The van der Waals surface area contributed by atoms with Gasteiger partial charge in [0.05, 0.1) is 5.92 Å². The second-order valence-corrected chi connectivity index (χ2v) is 8.07. The van der Waals surface area contributed by atoms with Gasteiger partial charge in [0.2, 0.25) is 5.91 Å². The van der Waals surface area contributed by atoms with Crippen molar-refractivity contribution in [2.45, 2.75) is 24.8 Å². The summed E-state index contributed by atoms with van der Waals surface area (Å²) >= 11 is 0. The van der Waals surface area contributed by atoms with E-state index in [2.05, 4.69) is 5.32 Å². The van der Waals surface area contributed by atoms with Crippen LogP contribution in [0.3, 0.4) is 0 Å². The Morgan fingerprint density at radius 3 is 1.81 bits per heavy atom. The number of piperidine rings is 1. The molecule has 3 N–H and O–H groups in total. The molecule has 3 aromatic carbocycles. The molecule has 1 heterocycles. The van der Waals surface area contributed by atoms with E-state index in [1.54, 1.807) is 4.90 Å². The third kappa shape index (κ3) is 4.91. The summed E-state index contributed by atoms with van der Waals surface area (Å²) in [4.78, 5) is 27.7. The van der Waals surface area contributed by atoms with Crippen LogP contribution in [0.25, 0.3) is 0 Å². The van der Waals surface area contributed by atoms with Crippen molar-refractivity contribution >= 4 is 11.8 Å². The summed E-state index contributed by atoms with van der Waals surface area (Å²) < 4.78 is 0. The maximum Gasteiger partial charge on any atom is 0.254 e. The first kappa shape index (κ1) is 21.4. The van der Waals surface area contributed by atoms with Gasteiger partial charge < -0.3 is 20.4 Å². The molecule has 1 aliphatic heterocycles. The predicted molar refractivity (Wildman–Crippen MR) is 122 cm³/mol. The molecule has 0 unspecified atom stereocenters.